The zero-order valence-electron chi connectivity index (χ0n) is 16.7. The number of carbonyl (C=O) groups excluding carboxylic acids is 3. The van der Waals surface area contributed by atoms with Crippen LogP contribution >= 0.6 is 11.3 Å². The Labute approximate surface area is 183 Å². The van der Waals surface area contributed by atoms with Crippen LogP contribution in [0.5, 0.6) is 0 Å². The van der Waals surface area contributed by atoms with Gasteiger partial charge in [-0.1, -0.05) is 18.2 Å². The third-order valence-electron chi connectivity index (χ3n) is 4.41. The van der Waals surface area contributed by atoms with Crippen LogP contribution in [-0.4, -0.2) is 24.3 Å². The van der Waals surface area contributed by atoms with Crippen molar-refractivity contribution in [3.05, 3.63) is 87.9 Å². The smallest absolute Gasteiger partial charge is 0.255 e. The first-order valence-electron chi connectivity index (χ1n) is 9.74. The number of rotatable bonds is 9. The van der Waals surface area contributed by atoms with Crippen LogP contribution < -0.4 is 16.0 Å². The normalized spacial score (nSPS) is 10.4. The summed E-state index contributed by atoms with van der Waals surface area (Å²) in [5.41, 5.74) is 2.22. The second-order valence-electron chi connectivity index (χ2n) is 6.81. The zero-order valence-corrected chi connectivity index (χ0v) is 17.5. The topological polar surface area (TPSA) is 87.3 Å². The van der Waals surface area contributed by atoms with Gasteiger partial charge in [-0.2, -0.15) is 11.3 Å². The molecule has 2 aromatic carbocycles. The first-order valence-corrected chi connectivity index (χ1v) is 10.7. The van der Waals surface area contributed by atoms with E-state index in [4.69, 9.17) is 0 Å². The summed E-state index contributed by atoms with van der Waals surface area (Å²) in [5.74, 6) is -1.15. The molecule has 0 atom stereocenters. The minimum absolute atomic E-state index is 0.126. The van der Waals surface area contributed by atoms with Crippen molar-refractivity contribution in [3.8, 4) is 0 Å². The summed E-state index contributed by atoms with van der Waals surface area (Å²) in [6.45, 7) is 0.730. The predicted molar refractivity (Wildman–Crippen MR) is 119 cm³/mol. The fourth-order valence-electron chi connectivity index (χ4n) is 2.83. The Morgan fingerprint density at radius 3 is 2.52 bits per heavy atom. The lowest BCUT2D eigenvalue weighted by molar-refractivity contribution is -0.121. The van der Waals surface area contributed by atoms with Gasteiger partial charge in [-0.15, -0.1) is 0 Å². The standard InChI is InChI=1S/C23H22FN3O3S/c24-19-6-2-5-17(13-19)23(30)27-20-7-1-4-16(12-20)14-26-21(28)8-3-10-25-22(29)18-9-11-31-15-18/h1-2,4-7,9,11-13,15H,3,8,10,14H2,(H,25,29)(H,26,28)(H,27,30). The summed E-state index contributed by atoms with van der Waals surface area (Å²) in [6.07, 6.45) is 0.825. The van der Waals surface area contributed by atoms with E-state index in [1.54, 1.807) is 29.6 Å². The van der Waals surface area contributed by atoms with Crippen LogP contribution in [0.3, 0.4) is 0 Å². The van der Waals surface area contributed by atoms with Gasteiger partial charge in [-0.3, -0.25) is 14.4 Å². The third-order valence-corrected chi connectivity index (χ3v) is 5.09. The molecule has 1 aromatic heterocycles. The molecule has 0 saturated heterocycles. The number of amides is 3. The van der Waals surface area contributed by atoms with Crippen molar-refractivity contribution in [1.29, 1.82) is 0 Å². The van der Waals surface area contributed by atoms with Crippen molar-refractivity contribution in [3.63, 3.8) is 0 Å². The molecule has 3 aromatic rings. The predicted octanol–water partition coefficient (Wildman–Crippen LogP) is 3.97. The van der Waals surface area contributed by atoms with E-state index in [0.29, 0.717) is 37.2 Å². The monoisotopic (exact) mass is 439 g/mol. The molecule has 3 rings (SSSR count). The molecule has 1 heterocycles. The van der Waals surface area contributed by atoms with E-state index in [2.05, 4.69) is 16.0 Å². The number of anilines is 1. The Morgan fingerprint density at radius 1 is 0.903 bits per heavy atom. The van der Waals surface area contributed by atoms with Gasteiger partial charge in [-0.25, -0.2) is 4.39 Å². The zero-order chi connectivity index (χ0) is 22.1. The minimum Gasteiger partial charge on any atom is -0.352 e. The van der Waals surface area contributed by atoms with Crippen molar-refractivity contribution in [2.45, 2.75) is 19.4 Å². The highest BCUT2D eigenvalue weighted by Crippen LogP contribution is 2.13. The van der Waals surface area contributed by atoms with Crippen LogP contribution in [0.2, 0.25) is 0 Å². The van der Waals surface area contributed by atoms with Gasteiger partial charge in [0.1, 0.15) is 5.82 Å². The van der Waals surface area contributed by atoms with Crippen LogP contribution in [0.25, 0.3) is 0 Å². The molecule has 6 nitrogen and oxygen atoms in total. The maximum atomic E-state index is 13.3. The van der Waals surface area contributed by atoms with Gasteiger partial charge in [0.15, 0.2) is 0 Å². The minimum atomic E-state index is -0.477. The van der Waals surface area contributed by atoms with Gasteiger partial charge in [0.05, 0.1) is 0 Å². The lowest BCUT2D eigenvalue weighted by atomic mass is 10.1. The Morgan fingerprint density at radius 2 is 1.74 bits per heavy atom. The van der Waals surface area contributed by atoms with Crippen LogP contribution in [0, 0.1) is 5.82 Å². The Balaban J connectivity index is 1.40. The Bertz CT molecular complexity index is 1050. The highest BCUT2D eigenvalue weighted by atomic mass is 32.1. The molecule has 0 spiro atoms. The van der Waals surface area contributed by atoms with E-state index in [0.717, 1.165) is 5.56 Å². The first kappa shape index (κ1) is 22.2. The number of carbonyl (C=O) groups is 3. The van der Waals surface area contributed by atoms with Gasteiger partial charge in [-0.05, 0) is 53.8 Å². The lowest BCUT2D eigenvalue weighted by Crippen LogP contribution is -2.27. The van der Waals surface area contributed by atoms with E-state index in [9.17, 15) is 18.8 Å². The van der Waals surface area contributed by atoms with Crippen molar-refractivity contribution in [2.24, 2.45) is 0 Å². The van der Waals surface area contributed by atoms with Crippen molar-refractivity contribution in [2.75, 3.05) is 11.9 Å². The Kier molecular flexibility index (Phi) is 7.89. The second-order valence-corrected chi connectivity index (χ2v) is 7.59. The molecular formula is C23H22FN3O3S. The van der Waals surface area contributed by atoms with Gasteiger partial charge < -0.3 is 16.0 Å². The number of hydrogen-bond donors (Lipinski definition) is 3. The summed E-state index contributed by atoms with van der Waals surface area (Å²) < 4.78 is 13.3. The number of halogens is 1. The van der Waals surface area contributed by atoms with Gasteiger partial charge >= 0.3 is 0 Å². The molecular weight excluding hydrogens is 417 g/mol. The SMILES string of the molecule is O=C(CCCNC(=O)c1ccsc1)NCc1cccc(NC(=O)c2cccc(F)c2)c1. The van der Waals surface area contributed by atoms with Crippen LogP contribution in [0.1, 0.15) is 39.1 Å². The van der Waals surface area contributed by atoms with E-state index in [-0.39, 0.29) is 17.4 Å². The van der Waals surface area contributed by atoms with Gasteiger partial charge in [0.25, 0.3) is 11.8 Å². The molecule has 0 unspecified atom stereocenters. The molecule has 0 bridgehead atoms. The molecule has 0 fully saturated rings. The molecule has 0 aliphatic heterocycles. The summed E-state index contributed by atoms with van der Waals surface area (Å²) in [5, 5.41) is 11.9. The summed E-state index contributed by atoms with van der Waals surface area (Å²) in [4.78, 5) is 36.1. The molecule has 160 valence electrons. The van der Waals surface area contributed by atoms with Gasteiger partial charge in [0.2, 0.25) is 5.91 Å². The maximum Gasteiger partial charge on any atom is 0.255 e. The van der Waals surface area contributed by atoms with E-state index < -0.39 is 11.7 Å². The fourth-order valence-corrected chi connectivity index (χ4v) is 3.46. The van der Waals surface area contributed by atoms with Crippen molar-refractivity contribution in [1.82, 2.24) is 10.6 Å². The molecule has 3 N–H and O–H groups in total. The molecule has 8 heteroatoms. The molecule has 0 aliphatic rings. The molecule has 0 saturated carbocycles. The maximum absolute atomic E-state index is 13.3. The summed E-state index contributed by atoms with van der Waals surface area (Å²) >= 11 is 1.46. The van der Waals surface area contributed by atoms with Crippen LogP contribution in [0.15, 0.2) is 65.4 Å². The van der Waals surface area contributed by atoms with E-state index >= 15 is 0 Å². The summed E-state index contributed by atoms with van der Waals surface area (Å²) in [6, 6.07) is 14.3. The quantitative estimate of drug-likeness (QED) is 0.441. The number of hydrogen-bond acceptors (Lipinski definition) is 4. The van der Waals surface area contributed by atoms with E-state index in [1.165, 1.54) is 35.6 Å². The first-order chi connectivity index (χ1) is 15.0. The fraction of sp³-hybridized carbons (Fsp3) is 0.174. The van der Waals surface area contributed by atoms with Crippen molar-refractivity contribution >= 4 is 34.7 Å². The largest absolute Gasteiger partial charge is 0.352 e. The molecule has 31 heavy (non-hydrogen) atoms. The third kappa shape index (κ3) is 7.04. The van der Waals surface area contributed by atoms with Crippen LogP contribution in [-0.2, 0) is 11.3 Å². The number of thiophene rings is 1. The van der Waals surface area contributed by atoms with E-state index in [1.807, 2.05) is 11.4 Å². The van der Waals surface area contributed by atoms with Gasteiger partial charge in [0, 0.05) is 41.7 Å². The molecule has 0 aliphatic carbocycles. The highest BCUT2D eigenvalue weighted by molar-refractivity contribution is 7.08. The van der Waals surface area contributed by atoms with Crippen LogP contribution in [0.4, 0.5) is 10.1 Å². The Hall–Kier alpha value is -3.52. The average Bonchev–Trinajstić information content (AvgIpc) is 3.30. The number of nitrogens with one attached hydrogen (secondary N) is 3. The van der Waals surface area contributed by atoms with Crippen molar-refractivity contribution < 1.29 is 18.8 Å². The lowest BCUT2D eigenvalue weighted by Gasteiger charge is -2.09. The molecule has 0 radical (unpaired) electrons. The second kappa shape index (κ2) is 11.0. The molecule has 3 amide bonds. The highest BCUT2D eigenvalue weighted by Gasteiger charge is 2.08. The average molecular weight is 440 g/mol. The summed E-state index contributed by atoms with van der Waals surface area (Å²) in [7, 11) is 0. The number of benzene rings is 2.